The van der Waals surface area contributed by atoms with Crippen molar-refractivity contribution in [2.75, 3.05) is 0 Å². The smallest absolute Gasteiger partial charge is 0.145 e. The molecule has 0 atom stereocenters. The van der Waals surface area contributed by atoms with E-state index in [-0.39, 0.29) is 26.9 Å². The van der Waals surface area contributed by atoms with Gasteiger partial charge in [0.05, 0.1) is 21.3 Å². The van der Waals surface area contributed by atoms with E-state index in [2.05, 4.69) is 4.98 Å². The Morgan fingerprint density at radius 3 is 2.52 bits per heavy atom. The predicted molar refractivity (Wildman–Crippen MR) is 99.0 cm³/mol. The third kappa shape index (κ3) is 3.38. The van der Waals surface area contributed by atoms with E-state index in [9.17, 15) is 14.8 Å². The zero-order valence-corrected chi connectivity index (χ0v) is 14.8. The van der Waals surface area contributed by atoms with E-state index < -0.39 is 5.82 Å². The number of allylic oxidation sites excluding steroid dienone is 1. The first-order valence-corrected chi connectivity index (χ1v) is 8.65. The number of halogens is 3. The van der Waals surface area contributed by atoms with Crippen LogP contribution in [0.2, 0.25) is 10.0 Å². The van der Waals surface area contributed by atoms with E-state index in [0.29, 0.717) is 16.3 Å². The molecule has 0 aliphatic rings. The molecule has 124 valence electrons. The summed E-state index contributed by atoms with van der Waals surface area (Å²) in [6.07, 6.45) is 0. The lowest BCUT2D eigenvalue weighted by atomic mass is 10.1. The van der Waals surface area contributed by atoms with E-state index in [1.165, 1.54) is 12.1 Å². The van der Waals surface area contributed by atoms with Gasteiger partial charge in [0.25, 0.3) is 0 Å². The molecule has 25 heavy (non-hydrogen) atoms. The molecule has 3 nitrogen and oxygen atoms in total. The van der Waals surface area contributed by atoms with E-state index in [1.807, 2.05) is 6.07 Å². The summed E-state index contributed by atoms with van der Waals surface area (Å²) in [6.45, 7) is 0. The van der Waals surface area contributed by atoms with Gasteiger partial charge < -0.3 is 5.11 Å². The number of aliphatic hydroxyl groups excluding tert-OH is 1. The zero-order chi connectivity index (χ0) is 18.0. The Kier molecular flexibility index (Phi) is 5.05. The SMILES string of the molecule is N#C/C(=C(/O)c1ccccc1Cl)c1nc(-c2c(F)cccc2Cl)cs1. The maximum absolute atomic E-state index is 14.0. The molecule has 0 saturated heterocycles. The molecule has 3 rings (SSSR count). The Morgan fingerprint density at radius 2 is 1.84 bits per heavy atom. The number of rotatable bonds is 3. The summed E-state index contributed by atoms with van der Waals surface area (Å²) in [5, 5.41) is 22.2. The zero-order valence-electron chi connectivity index (χ0n) is 12.5. The van der Waals surface area contributed by atoms with Crippen LogP contribution >= 0.6 is 34.5 Å². The lowest BCUT2D eigenvalue weighted by molar-refractivity contribution is 0.514. The fraction of sp³-hybridized carbons (Fsp3) is 0. The van der Waals surface area contributed by atoms with Gasteiger partial charge in [-0.1, -0.05) is 41.4 Å². The summed E-state index contributed by atoms with van der Waals surface area (Å²) in [5.41, 5.74) is 0.724. The first-order valence-electron chi connectivity index (χ1n) is 7.01. The first-order chi connectivity index (χ1) is 12.0. The summed E-state index contributed by atoms with van der Waals surface area (Å²) < 4.78 is 14.0. The fourth-order valence-corrected chi connectivity index (χ4v) is 3.53. The third-order valence-electron chi connectivity index (χ3n) is 3.41. The van der Waals surface area contributed by atoms with Gasteiger partial charge in [-0.3, -0.25) is 0 Å². The van der Waals surface area contributed by atoms with Crippen LogP contribution in [0.4, 0.5) is 4.39 Å². The monoisotopic (exact) mass is 390 g/mol. The third-order valence-corrected chi connectivity index (χ3v) is 4.92. The van der Waals surface area contributed by atoms with Crippen LogP contribution in [0.1, 0.15) is 10.6 Å². The van der Waals surface area contributed by atoms with Crippen molar-refractivity contribution >= 4 is 45.9 Å². The van der Waals surface area contributed by atoms with Crippen molar-refractivity contribution in [1.29, 1.82) is 5.26 Å². The van der Waals surface area contributed by atoms with Crippen LogP contribution in [0.3, 0.4) is 0 Å². The lowest BCUT2D eigenvalue weighted by Crippen LogP contribution is -1.92. The fourth-order valence-electron chi connectivity index (χ4n) is 2.24. The second-order valence-electron chi connectivity index (χ2n) is 4.95. The highest BCUT2D eigenvalue weighted by atomic mass is 35.5. The minimum absolute atomic E-state index is 0.0446. The van der Waals surface area contributed by atoms with Crippen molar-refractivity contribution in [2.24, 2.45) is 0 Å². The molecule has 0 aliphatic carbocycles. The van der Waals surface area contributed by atoms with Crippen molar-refractivity contribution in [1.82, 2.24) is 4.98 Å². The molecule has 0 bridgehead atoms. The van der Waals surface area contributed by atoms with Crippen LogP contribution in [0.15, 0.2) is 47.8 Å². The van der Waals surface area contributed by atoms with E-state index in [1.54, 1.807) is 35.7 Å². The number of hydrogen-bond donors (Lipinski definition) is 1. The molecular weight excluding hydrogens is 382 g/mol. The molecule has 0 fully saturated rings. The molecule has 2 aromatic carbocycles. The highest BCUT2D eigenvalue weighted by Gasteiger charge is 2.19. The van der Waals surface area contributed by atoms with Crippen LogP contribution in [-0.2, 0) is 0 Å². The van der Waals surface area contributed by atoms with E-state index in [4.69, 9.17) is 23.2 Å². The van der Waals surface area contributed by atoms with Gasteiger partial charge in [-0.05, 0) is 24.3 Å². The molecule has 0 radical (unpaired) electrons. The highest BCUT2D eigenvalue weighted by molar-refractivity contribution is 7.11. The summed E-state index contributed by atoms with van der Waals surface area (Å²) in [6, 6.07) is 12.9. The molecule has 0 saturated carbocycles. The number of aromatic nitrogens is 1. The minimum Gasteiger partial charge on any atom is -0.506 e. The number of hydrogen-bond acceptors (Lipinski definition) is 4. The van der Waals surface area contributed by atoms with Gasteiger partial charge in [-0.15, -0.1) is 11.3 Å². The highest BCUT2D eigenvalue weighted by Crippen LogP contribution is 2.35. The van der Waals surface area contributed by atoms with Gasteiger partial charge in [0, 0.05) is 10.9 Å². The topological polar surface area (TPSA) is 56.9 Å². The van der Waals surface area contributed by atoms with Crippen LogP contribution in [0.25, 0.3) is 22.6 Å². The standard InChI is InChI=1S/C18H9Cl2FN2OS/c19-12-5-2-1-4-10(12)17(24)11(8-22)18-23-15(9-25-18)16-13(20)6-3-7-14(16)21/h1-7,9,24H/b17-11-. The van der Waals surface area contributed by atoms with Crippen LogP contribution in [-0.4, -0.2) is 10.1 Å². The maximum atomic E-state index is 14.0. The van der Waals surface area contributed by atoms with Crippen molar-refractivity contribution in [3.05, 3.63) is 74.3 Å². The van der Waals surface area contributed by atoms with Gasteiger partial charge in [-0.25, -0.2) is 9.37 Å². The average Bonchev–Trinajstić information content (AvgIpc) is 3.05. The van der Waals surface area contributed by atoms with Crippen molar-refractivity contribution < 1.29 is 9.50 Å². The van der Waals surface area contributed by atoms with Gasteiger partial charge in [0.1, 0.15) is 28.2 Å². The van der Waals surface area contributed by atoms with E-state index in [0.717, 1.165) is 11.3 Å². The number of thiazole rings is 1. The van der Waals surface area contributed by atoms with Gasteiger partial charge in [-0.2, -0.15) is 5.26 Å². The van der Waals surface area contributed by atoms with Crippen molar-refractivity contribution in [3.63, 3.8) is 0 Å². The Bertz CT molecular complexity index is 1000. The summed E-state index contributed by atoms with van der Waals surface area (Å²) >= 11 is 13.2. The maximum Gasteiger partial charge on any atom is 0.145 e. The average molecular weight is 391 g/mol. The number of benzene rings is 2. The molecule has 1 heterocycles. The Labute approximate surface area is 157 Å². The molecule has 7 heteroatoms. The van der Waals surface area contributed by atoms with Crippen LogP contribution < -0.4 is 0 Å². The Balaban J connectivity index is 2.11. The van der Waals surface area contributed by atoms with Crippen molar-refractivity contribution in [3.8, 4) is 17.3 Å². The molecule has 1 N–H and O–H groups in total. The van der Waals surface area contributed by atoms with Crippen LogP contribution in [0.5, 0.6) is 0 Å². The second kappa shape index (κ2) is 7.24. The largest absolute Gasteiger partial charge is 0.506 e. The lowest BCUT2D eigenvalue weighted by Gasteiger charge is -2.05. The molecule has 3 aromatic rings. The molecular formula is C18H9Cl2FN2OS. The van der Waals surface area contributed by atoms with Gasteiger partial charge in [0.15, 0.2) is 0 Å². The quantitative estimate of drug-likeness (QED) is 0.427. The number of nitriles is 1. The minimum atomic E-state index is -0.512. The predicted octanol–water partition coefficient (Wildman–Crippen LogP) is 6.21. The van der Waals surface area contributed by atoms with Crippen molar-refractivity contribution in [2.45, 2.75) is 0 Å². The number of nitrogens with zero attached hydrogens (tertiary/aromatic N) is 2. The Hall–Kier alpha value is -2.39. The molecule has 1 aromatic heterocycles. The summed E-state index contributed by atoms with van der Waals surface area (Å²) in [7, 11) is 0. The van der Waals surface area contributed by atoms with Gasteiger partial charge in [0.2, 0.25) is 0 Å². The first kappa shape index (κ1) is 17.4. The summed E-state index contributed by atoms with van der Waals surface area (Å²) in [4.78, 5) is 4.26. The molecule has 0 spiro atoms. The van der Waals surface area contributed by atoms with Crippen LogP contribution in [0, 0.1) is 17.1 Å². The number of aliphatic hydroxyl groups is 1. The van der Waals surface area contributed by atoms with Gasteiger partial charge >= 0.3 is 0 Å². The molecule has 0 amide bonds. The summed E-state index contributed by atoms with van der Waals surface area (Å²) in [5.74, 6) is -0.796. The Morgan fingerprint density at radius 1 is 1.12 bits per heavy atom. The molecule has 0 unspecified atom stereocenters. The second-order valence-corrected chi connectivity index (χ2v) is 6.62. The normalized spacial score (nSPS) is 11.8. The van der Waals surface area contributed by atoms with E-state index >= 15 is 0 Å². The molecule has 0 aliphatic heterocycles.